The van der Waals surface area contributed by atoms with Crippen molar-refractivity contribution in [1.29, 1.82) is 5.26 Å². The summed E-state index contributed by atoms with van der Waals surface area (Å²) in [6.45, 7) is 6.33. The van der Waals surface area contributed by atoms with Crippen LogP contribution in [0, 0.1) is 11.3 Å². The van der Waals surface area contributed by atoms with E-state index < -0.39 is 0 Å². The maximum atomic E-state index is 11.6. The first-order valence-corrected chi connectivity index (χ1v) is 5.48. The van der Waals surface area contributed by atoms with Gasteiger partial charge in [0.2, 0.25) is 5.91 Å². The van der Waals surface area contributed by atoms with Crippen molar-refractivity contribution in [2.24, 2.45) is 0 Å². The minimum atomic E-state index is 0.0730. The van der Waals surface area contributed by atoms with Crippen molar-refractivity contribution in [3.05, 3.63) is 0 Å². The molecule has 0 heterocycles. The Morgan fingerprint density at radius 2 is 2.13 bits per heavy atom. The van der Waals surface area contributed by atoms with E-state index in [1.165, 1.54) is 0 Å². The molecule has 0 N–H and O–H groups in total. The number of nitrogens with zero attached hydrogens (tertiary/aromatic N) is 2. The first-order valence-electron chi connectivity index (χ1n) is 5.48. The summed E-state index contributed by atoms with van der Waals surface area (Å²) in [5, 5.41) is 8.43. The molecule has 0 aliphatic carbocycles. The molecule has 0 rings (SSSR count). The van der Waals surface area contributed by atoms with Gasteiger partial charge in [-0.25, -0.2) is 0 Å². The highest BCUT2D eigenvalue weighted by atomic mass is 16.5. The van der Waals surface area contributed by atoms with Crippen LogP contribution in [0.2, 0.25) is 0 Å². The molecular weight excluding hydrogens is 192 g/mol. The Hall–Kier alpha value is -1.08. The van der Waals surface area contributed by atoms with Gasteiger partial charge in [-0.15, -0.1) is 0 Å². The molecule has 0 radical (unpaired) electrons. The summed E-state index contributed by atoms with van der Waals surface area (Å²) in [7, 11) is 0. The van der Waals surface area contributed by atoms with E-state index in [-0.39, 0.29) is 5.91 Å². The van der Waals surface area contributed by atoms with Crippen LogP contribution in [-0.4, -0.2) is 37.1 Å². The molecule has 0 spiro atoms. The Morgan fingerprint density at radius 1 is 1.40 bits per heavy atom. The molecular formula is C11H20N2O2. The number of hydrogen-bond donors (Lipinski definition) is 0. The van der Waals surface area contributed by atoms with Crippen LogP contribution < -0.4 is 0 Å². The predicted octanol–water partition coefficient (Wildman–Crippen LogP) is 1.57. The third kappa shape index (κ3) is 6.92. The minimum Gasteiger partial charge on any atom is -0.381 e. The van der Waals surface area contributed by atoms with Gasteiger partial charge in [0.25, 0.3) is 0 Å². The standard InChI is InChI=1S/C11H20N2O2/c1-3-9-15-10-6-11(14)13(4-2)8-5-7-12/h3-6,8-10H2,1-2H3. The number of carbonyl (C=O) groups excluding carboxylic acids is 1. The molecule has 0 aromatic rings. The summed E-state index contributed by atoms with van der Waals surface area (Å²) in [4.78, 5) is 13.3. The summed E-state index contributed by atoms with van der Waals surface area (Å²) in [5.41, 5.74) is 0. The average molecular weight is 212 g/mol. The minimum absolute atomic E-state index is 0.0730. The highest BCUT2D eigenvalue weighted by Gasteiger charge is 2.10. The average Bonchev–Trinajstić information content (AvgIpc) is 2.25. The number of carbonyl (C=O) groups is 1. The number of ether oxygens (including phenoxy) is 1. The molecule has 0 unspecified atom stereocenters. The fraction of sp³-hybridized carbons (Fsp3) is 0.818. The molecule has 4 heteroatoms. The van der Waals surface area contributed by atoms with E-state index >= 15 is 0 Å². The van der Waals surface area contributed by atoms with E-state index in [2.05, 4.69) is 0 Å². The molecule has 1 amide bonds. The van der Waals surface area contributed by atoms with E-state index in [4.69, 9.17) is 10.00 Å². The quantitative estimate of drug-likeness (QED) is 0.574. The summed E-state index contributed by atoms with van der Waals surface area (Å²) in [5.74, 6) is 0.0730. The van der Waals surface area contributed by atoms with Gasteiger partial charge < -0.3 is 9.64 Å². The van der Waals surface area contributed by atoms with Crippen LogP contribution in [-0.2, 0) is 9.53 Å². The molecule has 0 saturated carbocycles. The summed E-state index contributed by atoms with van der Waals surface area (Å²) >= 11 is 0. The third-order valence-corrected chi connectivity index (χ3v) is 2.04. The van der Waals surface area contributed by atoms with Gasteiger partial charge in [-0.1, -0.05) is 6.92 Å². The topological polar surface area (TPSA) is 53.3 Å². The van der Waals surface area contributed by atoms with Crippen LogP contribution in [0.1, 0.15) is 33.1 Å². The van der Waals surface area contributed by atoms with Crippen LogP contribution in [0.4, 0.5) is 0 Å². The molecule has 0 atom stereocenters. The number of hydrogen-bond acceptors (Lipinski definition) is 3. The van der Waals surface area contributed by atoms with Crippen molar-refractivity contribution in [2.45, 2.75) is 33.1 Å². The fourth-order valence-corrected chi connectivity index (χ4v) is 1.21. The van der Waals surface area contributed by atoms with E-state index in [9.17, 15) is 4.79 Å². The summed E-state index contributed by atoms with van der Waals surface area (Å²) < 4.78 is 5.24. The molecule has 86 valence electrons. The van der Waals surface area contributed by atoms with Gasteiger partial charge in [0, 0.05) is 19.7 Å². The summed E-state index contributed by atoms with van der Waals surface area (Å²) in [6.07, 6.45) is 1.79. The first kappa shape index (κ1) is 13.9. The highest BCUT2D eigenvalue weighted by molar-refractivity contribution is 5.76. The second-order valence-electron chi connectivity index (χ2n) is 3.24. The zero-order chi connectivity index (χ0) is 11.5. The van der Waals surface area contributed by atoms with Gasteiger partial charge in [-0.2, -0.15) is 5.26 Å². The lowest BCUT2D eigenvalue weighted by molar-refractivity contribution is -0.132. The lowest BCUT2D eigenvalue weighted by Gasteiger charge is -2.19. The Kier molecular flexibility index (Phi) is 8.79. The van der Waals surface area contributed by atoms with Crippen molar-refractivity contribution in [2.75, 3.05) is 26.3 Å². The third-order valence-electron chi connectivity index (χ3n) is 2.04. The number of rotatable bonds is 8. The van der Waals surface area contributed by atoms with Gasteiger partial charge >= 0.3 is 0 Å². The van der Waals surface area contributed by atoms with Gasteiger partial charge in [0.05, 0.1) is 25.5 Å². The molecule has 0 aliphatic heterocycles. The van der Waals surface area contributed by atoms with Crippen molar-refractivity contribution >= 4 is 5.91 Å². The molecule has 0 bridgehead atoms. The SMILES string of the molecule is CCCOCCC(=O)N(CC)CCC#N. The summed E-state index contributed by atoms with van der Waals surface area (Å²) in [6, 6.07) is 2.04. The smallest absolute Gasteiger partial charge is 0.224 e. The molecule has 0 aromatic carbocycles. The van der Waals surface area contributed by atoms with Crippen LogP contribution in [0.25, 0.3) is 0 Å². The maximum Gasteiger partial charge on any atom is 0.224 e. The van der Waals surface area contributed by atoms with Gasteiger partial charge in [-0.05, 0) is 13.3 Å². The van der Waals surface area contributed by atoms with Crippen molar-refractivity contribution in [3.63, 3.8) is 0 Å². The molecule has 15 heavy (non-hydrogen) atoms. The zero-order valence-electron chi connectivity index (χ0n) is 9.66. The van der Waals surface area contributed by atoms with Crippen molar-refractivity contribution in [3.8, 4) is 6.07 Å². The Morgan fingerprint density at radius 3 is 2.67 bits per heavy atom. The Balaban J connectivity index is 3.69. The van der Waals surface area contributed by atoms with E-state index in [0.29, 0.717) is 39.1 Å². The molecule has 0 aliphatic rings. The number of amides is 1. The largest absolute Gasteiger partial charge is 0.381 e. The monoisotopic (exact) mass is 212 g/mol. The van der Waals surface area contributed by atoms with Crippen LogP contribution in [0.3, 0.4) is 0 Å². The van der Waals surface area contributed by atoms with Gasteiger partial charge in [-0.3, -0.25) is 4.79 Å². The van der Waals surface area contributed by atoms with Gasteiger partial charge in [0.1, 0.15) is 0 Å². The second-order valence-corrected chi connectivity index (χ2v) is 3.24. The zero-order valence-corrected chi connectivity index (χ0v) is 9.66. The molecule has 0 saturated heterocycles. The van der Waals surface area contributed by atoms with Gasteiger partial charge in [0.15, 0.2) is 0 Å². The lowest BCUT2D eigenvalue weighted by Crippen LogP contribution is -2.32. The Labute approximate surface area is 91.8 Å². The second kappa shape index (κ2) is 9.47. The van der Waals surface area contributed by atoms with Crippen LogP contribution >= 0.6 is 0 Å². The normalized spacial score (nSPS) is 9.67. The molecule has 4 nitrogen and oxygen atoms in total. The first-order chi connectivity index (χ1) is 7.26. The lowest BCUT2D eigenvalue weighted by atomic mass is 10.3. The van der Waals surface area contributed by atoms with E-state index in [0.717, 1.165) is 6.42 Å². The highest BCUT2D eigenvalue weighted by Crippen LogP contribution is 1.97. The van der Waals surface area contributed by atoms with Crippen LogP contribution in [0.15, 0.2) is 0 Å². The Bertz CT molecular complexity index is 211. The number of nitriles is 1. The van der Waals surface area contributed by atoms with E-state index in [1.54, 1.807) is 4.90 Å². The van der Waals surface area contributed by atoms with Crippen LogP contribution in [0.5, 0.6) is 0 Å². The maximum absolute atomic E-state index is 11.6. The molecule has 0 aromatic heterocycles. The fourth-order valence-electron chi connectivity index (χ4n) is 1.21. The van der Waals surface area contributed by atoms with Crippen molar-refractivity contribution < 1.29 is 9.53 Å². The predicted molar refractivity (Wildman–Crippen MR) is 58.2 cm³/mol. The molecule has 0 fully saturated rings. The van der Waals surface area contributed by atoms with Crippen molar-refractivity contribution in [1.82, 2.24) is 4.90 Å². The van der Waals surface area contributed by atoms with E-state index in [1.807, 2.05) is 19.9 Å².